The highest BCUT2D eigenvalue weighted by Crippen LogP contribution is 2.25. The number of hydrogen-bond acceptors (Lipinski definition) is 5. The van der Waals surface area contributed by atoms with Crippen molar-refractivity contribution in [1.29, 1.82) is 0 Å². The normalized spacial score (nSPS) is 10.8. The lowest BCUT2D eigenvalue weighted by atomic mass is 10.1. The van der Waals surface area contributed by atoms with Gasteiger partial charge in [-0.1, -0.05) is 30.3 Å². The maximum atomic E-state index is 10.8. The van der Waals surface area contributed by atoms with Crippen molar-refractivity contribution in [3.05, 3.63) is 41.7 Å². The summed E-state index contributed by atoms with van der Waals surface area (Å²) in [5.74, 6) is 0.895. The van der Waals surface area contributed by atoms with Crippen molar-refractivity contribution in [2.24, 2.45) is 7.05 Å². The van der Waals surface area contributed by atoms with Crippen LogP contribution < -0.4 is 0 Å². The van der Waals surface area contributed by atoms with Gasteiger partial charge in [-0.25, -0.2) is 0 Å². The molecule has 0 unspecified atom stereocenters. The van der Waals surface area contributed by atoms with Crippen molar-refractivity contribution in [2.75, 3.05) is 0 Å². The Balaban J connectivity index is 2.01. The van der Waals surface area contributed by atoms with Gasteiger partial charge in [0.1, 0.15) is 6.29 Å². The van der Waals surface area contributed by atoms with Crippen molar-refractivity contribution in [3.8, 4) is 22.8 Å². The molecule has 0 amide bonds. The maximum absolute atomic E-state index is 10.8. The van der Waals surface area contributed by atoms with Gasteiger partial charge in [-0.05, 0) is 12.5 Å². The highest BCUT2D eigenvalue weighted by atomic mass is 16.5. The van der Waals surface area contributed by atoms with E-state index in [2.05, 4.69) is 15.2 Å². The second kappa shape index (κ2) is 5.32. The van der Waals surface area contributed by atoms with Crippen molar-refractivity contribution in [3.63, 3.8) is 0 Å². The number of carbonyl (C=O) groups is 1. The summed E-state index contributed by atoms with van der Waals surface area (Å²) in [6.45, 7) is 2.05. The molecule has 3 rings (SSSR count). The van der Waals surface area contributed by atoms with Gasteiger partial charge in [-0.2, -0.15) is 10.1 Å². The Morgan fingerprint density at radius 3 is 3.00 bits per heavy atom. The number of rotatable bonds is 4. The molecule has 0 saturated heterocycles. The maximum Gasteiger partial charge on any atom is 0.261 e. The molecule has 0 saturated carbocycles. The predicted molar refractivity (Wildman–Crippen MR) is 76.7 cm³/mol. The van der Waals surface area contributed by atoms with E-state index in [-0.39, 0.29) is 0 Å². The van der Waals surface area contributed by atoms with E-state index in [1.807, 2.05) is 20.0 Å². The average molecular weight is 282 g/mol. The molecule has 0 aliphatic carbocycles. The van der Waals surface area contributed by atoms with E-state index < -0.39 is 0 Å². The topological polar surface area (TPSA) is 73.8 Å². The molecule has 6 heteroatoms. The third-order valence-electron chi connectivity index (χ3n) is 3.33. The number of nitrogens with zero attached hydrogens (tertiary/aromatic N) is 4. The summed E-state index contributed by atoms with van der Waals surface area (Å²) in [7, 11) is 1.88. The van der Waals surface area contributed by atoms with Crippen LogP contribution in [0.1, 0.15) is 23.0 Å². The SMILES string of the molecule is CCc1c(-c2nc(-c3cccc(C=O)c3)no2)cnn1C. The molecule has 21 heavy (non-hydrogen) atoms. The van der Waals surface area contributed by atoms with Crippen LogP contribution in [0.5, 0.6) is 0 Å². The van der Waals surface area contributed by atoms with Crippen LogP contribution in [0.3, 0.4) is 0 Å². The fourth-order valence-corrected chi connectivity index (χ4v) is 2.26. The summed E-state index contributed by atoms with van der Waals surface area (Å²) in [5.41, 5.74) is 3.20. The zero-order valence-corrected chi connectivity index (χ0v) is 11.8. The molecule has 2 heterocycles. The van der Waals surface area contributed by atoms with Gasteiger partial charge in [0.05, 0.1) is 17.5 Å². The summed E-state index contributed by atoms with van der Waals surface area (Å²) < 4.78 is 7.13. The van der Waals surface area contributed by atoms with Gasteiger partial charge in [0, 0.05) is 18.2 Å². The second-order valence-electron chi connectivity index (χ2n) is 4.65. The monoisotopic (exact) mass is 282 g/mol. The third kappa shape index (κ3) is 2.35. The second-order valence-corrected chi connectivity index (χ2v) is 4.65. The first-order chi connectivity index (χ1) is 10.2. The van der Waals surface area contributed by atoms with Crippen molar-refractivity contribution < 1.29 is 9.32 Å². The molecule has 2 aromatic heterocycles. The Labute approximate surface area is 121 Å². The van der Waals surface area contributed by atoms with E-state index in [9.17, 15) is 4.79 Å². The van der Waals surface area contributed by atoms with E-state index in [0.29, 0.717) is 17.3 Å². The minimum Gasteiger partial charge on any atom is -0.333 e. The molecule has 0 aliphatic heterocycles. The van der Waals surface area contributed by atoms with Crippen LogP contribution in [0.4, 0.5) is 0 Å². The van der Waals surface area contributed by atoms with Gasteiger partial charge in [-0.15, -0.1) is 0 Å². The van der Waals surface area contributed by atoms with Gasteiger partial charge in [-0.3, -0.25) is 9.48 Å². The summed E-state index contributed by atoms with van der Waals surface area (Å²) in [6, 6.07) is 7.08. The number of benzene rings is 1. The van der Waals surface area contributed by atoms with E-state index in [4.69, 9.17) is 4.52 Å². The Morgan fingerprint density at radius 1 is 1.38 bits per heavy atom. The molecule has 0 N–H and O–H groups in total. The summed E-state index contributed by atoms with van der Waals surface area (Å²) in [5, 5.41) is 8.20. The van der Waals surface area contributed by atoms with Crippen LogP contribution in [-0.2, 0) is 13.5 Å². The Morgan fingerprint density at radius 2 is 2.24 bits per heavy atom. The van der Waals surface area contributed by atoms with E-state index >= 15 is 0 Å². The van der Waals surface area contributed by atoms with Crippen molar-refractivity contribution in [2.45, 2.75) is 13.3 Å². The largest absolute Gasteiger partial charge is 0.333 e. The lowest BCUT2D eigenvalue weighted by Crippen LogP contribution is -1.97. The minimum absolute atomic E-state index is 0.437. The number of hydrogen-bond donors (Lipinski definition) is 0. The standard InChI is InChI=1S/C15H14N4O2/c1-3-13-12(8-16-19(13)2)15-17-14(18-21-15)11-6-4-5-10(7-11)9-20/h4-9H,3H2,1-2H3. The molecule has 0 radical (unpaired) electrons. The molecule has 0 bridgehead atoms. The first kappa shape index (κ1) is 13.2. The highest BCUT2D eigenvalue weighted by Gasteiger charge is 2.16. The van der Waals surface area contributed by atoms with Crippen molar-refractivity contribution >= 4 is 6.29 Å². The lowest BCUT2D eigenvalue weighted by Gasteiger charge is -1.98. The Hall–Kier alpha value is -2.76. The van der Waals surface area contributed by atoms with Gasteiger partial charge in [0.25, 0.3) is 5.89 Å². The molecule has 6 nitrogen and oxygen atoms in total. The van der Waals surface area contributed by atoms with Gasteiger partial charge in [0.15, 0.2) is 0 Å². The minimum atomic E-state index is 0.437. The highest BCUT2D eigenvalue weighted by molar-refractivity contribution is 5.77. The molecular weight excluding hydrogens is 268 g/mol. The van der Waals surface area contributed by atoms with E-state index in [1.165, 1.54) is 0 Å². The summed E-state index contributed by atoms with van der Waals surface area (Å²) >= 11 is 0. The predicted octanol–water partition coefficient (Wildman–Crippen LogP) is 2.51. The number of aromatic nitrogens is 4. The first-order valence-electron chi connectivity index (χ1n) is 6.63. The van der Waals surface area contributed by atoms with Crippen LogP contribution in [0.25, 0.3) is 22.8 Å². The molecule has 0 atom stereocenters. The van der Waals surface area contributed by atoms with Gasteiger partial charge >= 0.3 is 0 Å². The lowest BCUT2D eigenvalue weighted by molar-refractivity contribution is 0.112. The van der Waals surface area contributed by atoms with Crippen LogP contribution in [0.2, 0.25) is 0 Å². The Kier molecular flexibility index (Phi) is 3.35. The third-order valence-corrected chi connectivity index (χ3v) is 3.33. The average Bonchev–Trinajstić information content (AvgIpc) is 3.13. The van der Waals surface area contributed by atoms with Crippen LogP contribution in [0.15, 0.2) is 35.0 Å². The number of aldehydes is 1. The molecule has 106 valence electrons. The molecule has 0 fully saturated rings. The number of aryl methyl sites for hydroxylation is 1. The fourth-order valence-electron chi connectivity index (χ4n) is 2.26. The summed E-state index contributed by atoms with van der Waals surface area (Å²) in [4.78, 5) is 15.2. The van der Waals surface area contributed by atoms with Crippen molar-refractivity contribution in [1.82, 2.24) is 19.9 Å². The Bertz CT molecular complexity index is 789. The zero-order chi connectivity index (χ0) is 14.8. The van der Waals surface area contributed by atoms with E-state index in [0.717, 1.165) is 29.5 Å². The van der Waals surface area contributed by atoms with E-state index in [1.54, 1.807) is 29.1 Å². The smallest absolute Gasteiger partial charge is 0.261 e. The van der Waals surface area contributed by atoms with Crippen LogP contribution >= 0.6 is 0 Å². The fraction of sp³-hybridized carbons (Fsp3) is 0.200. The van der Waals surface area contributed by atoms with Crippen LogP contribution in [-0.4, -0.2) is 26.2 Å². The number of carbonyl (C=O) groups excluding carboxylic acids is 1. The van der Waals surface area contributed by atoms with Crippen LogP contribution in [0, 0.1) is 0 Å². The first-order valence-corrected chi connectivity index (χ1v) is 6.63. The molecule has 1 aromatic carbocycles. The zero-order valence-electron chi connectivity index (χ0n) is 11.8. The van der Waals surface area contributed by atoms with Gasteiger partial charge in [0.2, 0.25) is 5.82 Å². The molecule has 3 aromatic rings. The quantitative estimate of drug-likeness (QED) is 0.687. The molecule has 0 aliphatic rings. The van der Waals surface area contributed by atoms with Gasteiger partial charge < -0.3 is 4.52 Å². The summed E-state index contributed by atoms with van der Waals surface area (Å²) in [6.07, 6.45) is 3.34. The molecule has 0 spiro atoms. The molecular formula is C15H14N4O2.